The number of rotatable bonds is 6. The topological polar surface area (TPSA) is 59.0 Å². The van der Waals surface area contributed by atoms with Crippen molar-refractivity contribution in [1.29, 1.82) is 0 Å². The Labute approximate surface area is 122 Å². The number of nitrogens with one attached hydrogen (secondary N) is 2. The number of carbonyl (C=O) groups is 1. The molecule has 2 rings (SSSR count). The van der Waals surface area contributed by atoms with Gasteiger partial charge in [0, 0.05) is 38.4 Å². The van der Waals surface area contributed by atoms with Crippen molar-refractivity contribution in [1.82, 2.24) is 20.4 Å². The summed E-state index contributed by atoms with van der Waals surface area (Å²) < 4.78 is 1.77. The van der Waals surface area contributed by atoms with Crippen molar-refractivity contribution in [2.24, 2.45) is 7.05 Å². The maximum Gasteiger partial charge on any atom is 0.261 e. The van der Waals surface area contributed by atoms with Crippen LogP contribution in [-0.2, 0) is 13.6 Å². The highest BCUT2D eigenvalue weighted by Crippen LogP contribution is 2.07. The average molecular weight is 301 g/mol. The van der Waals surface area contributed by atoms with Crippen LogP contribution < -0.4 is 10.6 Å². The highest BCUT2D eigenvalue weighted by atomic mass is 35.5. The third-order valence-electron chi connectivity index (χ3n) is 2.42. The number of hydrogen-bond acceptors (Lipinski definition) is 4. The third kappa shape index (κ3) is 5.02. The highest BCUT2D eigenvalue weighted by molar-refractivity contribution is 7.12. The maximum absolute atomic E-state index is 11.6. The predicted molar refractivity (Wildman–Crippen MR) is 78.8 cm³/mol. The first kappa shape index (κ1) is 15.7. The lowest BCUT2D eigenvalue weighted by Crippen LogP contribution is -2.31. The summed E-state index contributed by atoms with van der Waals surface area (Å²) in [6.07, 6.45) is 3.80. The predicted octanol–water partition coefficient (Wildman–Crippen LogP) is 1.42. The van der Waals surface area contributed by atoms with E-state index in [-0.39, 0.29) is 18.3 Å². The molecule has 0 unspecified atom stereocenters. The normalized spacial score (nSPS) is 9.95. The van der Waals surface area contributed by atoms with Crippen LogP contribution in [0.15, 0.2) is 29.9 Å². The molecule has 0 saturated heterocycles. The van der Waals surface area contributed by atoms with Gasteiger partial charge in [-0.1, -0.05) is 6.07 Å². The molecule has 0 aromatic carbocycles. The van der Waals surface area contributed by atoms with E-state index in [9.17, 15) is 4.79 Å². The van der Waals surface area contributed by atoms with Crippen LogP contribution in [0.3, 0.4) is 0 Å². The third-order valence-corrected chi connectivity index (χ3v) is 3.29. The fourth-order valence-electron chi connectivity index (χ4n) is 1.56. The van der Waals surface area contributed by atoms with E-state index in [2.05, 4.69) is 15.7 Å². The zero-order valence-corrected chi connectivity index (χ0v) is 12.3. The van der Waals surface area contributed by atoms with Gasteiger partial charge in [0.25, 0.3) is 5.91 Å². The minimum absolute atomic E-state index is 0. The molecular weight excluding hydrogens is 284 g/mol. The van der Waals surface area contributed by atoms with Crippen LogP contribution in [0, 0.1) is 0 Å². The molecule has 0 bridgehead atoms. The number of aryl methyl sites for hydroxylation is 1. The lowest BCUT2D eigenvalue weighted by Gasteiger charge is -2.04. The van der Waals surface area contributed by atoms with E-state index in [0.717, 1.165) is 23.5 Å². The van der Waals surface area contributed by atoms with E-state index in [0.29, 0.717) is 6.54 Å². The first-order chi connectivity index (χ1) is 8.75. The monoisotopic (exact) mass is 300 g/mol. The van der Waals surface area contributed by atoms with E-state index < -0.39 is 0 Å². The Kier molecular flexibility index (Phi) is 6.55. The van der Waals surface area contributed by atoms with Crippen molar-refractivity contribution in [3.63, 3.8) is 0 Å². The van der Waals surface area contributed by atoms with Crippen molar-refractivity contribution >= 4 is 29.7 Å². The van der Waals surface area contributed by atoms with Crippen molar-refractivity contribution in [2.75, 3.05) is 13.1 Å². The van der Waals surface area contributed by atoms with E-state index in [1.165, 1.54) is 11.3 Å². The zero-order chi connectivity index (χ0) is 12.8. The molecule has 0 aliphatic heterocycles. The minimum Gasteiger partial charge on any atom is -0.350 e. The Bertz CT molecular complexity index is 498. The molecule has 5 nitrogen and oxygen atoms in total. The number of carbonyl (C=O) groups excluding carboxylic acids is 1. The smallest absolute Gasteiger partial charge is 0.261 e. The first-order valence-corrected chi connectivity index (χ1v) is 6.63. The van der Waals surface area contributed by atoms with Gasteiger partial charge in [-0.15, -0.1) is 23.7 Å². The molecule has 2 aromatic rings. The maximum atomic E-state index is 11.6. The van der Waals surface area contributed by atoms with Crippen molar-refractivity contribution < 1.29 is 4.79 Å². The molecule has 0 fully saturated rings. The first-order valence-electron chi connectivity index (χ1n) is 5.75. The van der Waals surface area contributed by atoms with E-state index >= 15 is 0 Å². The van der Waals surface area contributed by atoms with Crippen LogP contribution >= 0.6 is 23.7 Å². The number of thiophene rings is 1. The van der Waals surface area contributed by atoms with Gasteiger partial charge in [0.2, 0.25) is 0 Å². The molecule has 0 aliphatic carbocycles. The Hall–Kier alpha value is -1.37. The molecule has 0 aliphatic rings. The molecule has 0 radical (unpaired) electrons. The van der Waals surface area contributed by atoms with Gasteiger partial charge in [-0.3, -0.25) is 9.48 Å². The molecule has 1 amide bonds. The molecule has 2 N–H and O–H groups in total. The van der Waals surface area contributed by atoms with Gasteiger partial charge in [-0.05, 0) is 11.4 Å². The second-order valence-electron chi connectivity index (χ2n) is 3.93. The number of hydrogen-bond donors (Lipinski definition) is 2. The lowest BCUT2D eigenvalue weighted by molar-refractivity contribution is 0.0958. The molecule has 104 valence electrons. The summed E-state index contributed by atoms with van der Waals surface area (Å²) in [6, 6.07) is 3.70. The Morgan fingerprint density at radius 3 is 2.95 bits per heavy atom. The van der Waals surface area contributed by atoms with Gasteiger partial charge in [-0.2, -0.15) is 5.10 Å². The second-order valence-corrected chi connectivity index (χ2v) is 4.88. The van der Waals surface area contributed by atoms with Crippen LogP contribution in [0.25, 0.3) is 0 Å². The highest BCUT2D eigenvalue weighted by Gasteiger charge is 2.04. The lowest BCUT2D eigenvalue weighted by atomic mass is 10.3. The van der Waals surface area contributed by atoms with Gasteiger partial charge in [0.15, 0.2) is 0 Å². The summed E-state index contributed by atoms with van der Waals surface area (Å²) >= 11 is 1.45. The van der Waals surface area contributed by atoms with Crippen molar-refractivity contribution in [3.05, 3.63) is 40.3 Å². The molecule has 7 heteroatoms. The number of halogens is 1. The summed E-state index contributed by atoms with van der Waals surface area (Å²) in [5, 5.41) is 12.1. The largest absolute Gasteiger partial charge is 0.350 e. The fourth-order valence-corrected chi connectivity index (χ4v) is 2.20. The number of nitrogens with zero attached hydrogens (tertiary/aromatic N) is 2. The van der Waals surface area contributed by atoms with E-state index in [1.54, 1.807) is 4.68 Å². The number of aromatic nitrogens is 2. The summed E-state index contributed by atoms with van der Waals surface area (Å²) in [7, 11) is 1.89. The van der Waals surface area contributed by atoms with Gasteiger partial charge < -0.3 is 10.6 Å². The fraction of sp³-hybridized carbons (Fsp3) is 0.333. The van der Waals surface area contributed by atoms with Gasteiger partial charge in [-0.25, -0.2) is 0 Å². The quantitative estimate of drug-likeness (QED) is 0.793. The number of amides is 1. The van der Waals surface area contributed by atoms with E-state index in [1.807, 2.05) is 37.0 Å². The van der Waals surface area contributed by atoms with Crippen LogP contribution in [0.2, 0.25) is 0 Å². The van der Waals surface area contributed by atoms with Gasteiger partial charge in [0.05, 0.1) is 11.1 Å². The van der Waals surface area contributed by atoms with Crippen LogP contribution in [0.5, 0.6) is 0 Å². The molecule has 0 saturated carbocycles. The average Bonchev–Trinajstić information content (AvgIpc) is 2.99. The van der Waals surface area contributed by atoms with E-state index in [4.69, 9.17) is 0 Å². The summed E-state index contributed by atoms with van der Waals surface area (Å²) in [5.41, 5.74) is 1.14. The summed E-state index contributed by atoms with van der Waals surface area (Å²) in [5.74, 6) is -0.00632. The molecule has 19 heavy (non-hydrogen) atoms. The SMILES string of the molecule is Cl.Cn1cc(CNCCNC(=O)c2cccs2)cn1. The molecule has 2 heterocycles. The Morgan fingerprint density at radius 1 is 1.47 bits per heavy atom. The summed E-state index contributed by atoms with van der Waals surface area (Å²) in [4.78, 5) is 12.4. The van der Waals surface area contributed by atoms with Gasteiger partial charge in [0.1, 0.15) is 0 Å². The van der Waals surface area contributed by atoms with Crippen LogP contribution in [-0.4, -0.2) is 28.8 Å². The summed E-state index contributed by atoms with van der Waals surface area (Å²) in [6.45, 7) is 2.13. The zero-order valence-electron chi connectivity index (χ0n) is 10.6. The van der Waals surface area contributed by atoms with Crippen LogP contribution in [0.4, 0.5) is 0 Å². The second kappa shape index (κ2) is 7.93. The molecule has 0 atom stereocenters. The van der Waals surface area contributed by atoms with Crippen molar-refractivity contribution in [3.8, 4) is 0 Å². The minimum atomic E-state index is -0.00632. The molecule has 2 aromatic heterocycles. The van der Waals surface area contributed by atoms with Gasteiger partial charge >= 0.3 is 0 Å². The van der Waals surface area contributed by atoms with Crippen molar-refractivity contribution in [2.45, 2.75) is 6.54 Å². The molecular formula is C12H17ClN4OS. The standard InChI is InChI=1S/C12H16N4OS.ClH/c1-16-9-10(8-15-16)7-13-4-5-14-12(17)11-3-2-6-18-11;/h2-3,6,8-9,13H,4-5,7H2,1H3,(H,14,17);1H. The Morgan fingerprint density at radius 2 is 2.32 bits per heavy atom. The Balaban J connectivity index is 0.00000180. The van der Waals surface area contributed by atoms with Crippen LogP contribution in [0.1, 0.15) is 15.2 Å². The molecule has 0 spiro atoms.